The number of rotatable bonds is 6. The van der Waals surface area contributed by atoms with E-state index in [0.717, 1.165) is 17.1 Å². The van der Waals surface area contributed by atoms with Gasteiger partial charge in [-0.25, -0.2) is 0 Å². The molecule has 38 heavy (non-hydrogen) atoms. The largest absolute Gasteiger partial charge is 0.497 e. The lowest BCUT2D eigenvalue weighted by Crippen LogP contribution is -2.30. The lowest BCUT2D eigenvalue weighted by atomic mass is 9.96. The van der Waals surface area contributed by atoms with Gasteiger partial charge in [0, 0.05) is 23.7 Å². The first kappa shape index (κ1) is 25.8. The highest BCUT2D eigenvalue weighted by atomic mass is 32.1. The van der Waals surface area contributed by atoms with Gasteiger partial charge in [0.05, 0.1) is 43.4 Å². The molecule has 3 heterocycles. The molecule has 0 saturated carbocycles. The number of anilines is 1. The lowest BCUT2D eigenvalue weighted by molar-refractivity contribution is 0.394. The monoisotopic (exact) mass is 526 g/mol. The summed E-state index contributed by atoms with van der Waals surface area (Å²) in [5.41, 5.74) is 10.3. The predicted octanol–water partition coefficient (Wildman–Crippen LogP) is 6.61. The number of benzene rings is 2. The van der Waals surface area contributed by atoms with Gasteiger partial charge in [0.15, 0.2) is 5.11 Å². The van der Waals surface area contributed by atoms with Crippen LogP contribution in [0.25, 0.3) is 5.69 Å². The number of aryl methyl sites for hydroxylation is 4. The van der Waals surface area contributed by atoms with Crippen molar-refractivity contribution < 1.29 is 9.47 Å². The Morgan fingerprint density at radius 1 is 0.895 bits per heavy atom. The molecule has 0 radical (unpaired) electrons. The highest BCUT2D eigenvalue weighted by Crippen LogP contribution is 2.47. The van der Waals surface area contributed by atoms with Crippen molar-refractivity contribution >= 4 is 23.0 Å². The molecular weight excluding hydrogens is 492 g/mol. The van der Waals surface area contributed by atoms with Crippen LogP contribution in [0.2, 0.25) is 0 Å². The average Bonchev–Trinajstić information content (AvgIpc) is 3.39. The van der Waals surface area contributed by atoms with Crippen LogP contribution in [0.5, 0.6) is 11.5 Å². The van der Waals surface area contributed by atoms with Crippen LogP contribution in [0.3, 0.4) is 0 Å². The van der Waals surface area contributed by atoms with Gasteiger partial charge < -0.3 is 24.3 Å². The highest BCUT2D eigenvalue weighted by Gasteiger charge is 2.43. The molecule has 1 aliphatic rings. The van der Waals surface area contributed by atoms with Crippen LogP contribution in [-0.4, -0.2) is 28.9 Å². The number of pyridine rings is 1. The topological polar surface area (TPSA) is 51.5 Å². The van der Waals surface area contributed by atoms with Crippen molar-refractivity contribution in [2.75, 3.05) is 19.1 Å². The Morgan fingerprint density at radius 2 is 1.63 bits per heavy atom. The van der Waals surface area contributed by atoms with E-state index in [1.807, 2.05) is 36.5 Å². The van der Waals surface area contributed by atoms with Crippen molar-refractivity contribution in [1.29, 1.82) is 0 Å². The Morgan fingerprint density at radius 3 is 2.26 bits per heavy atom. The molecule has 4 aromatic rings. The first-order chi connectivity index (χ1) is 18.2. The Bertz CT molecular complexity index is 1490. The molecule has 0 amide bonds. The number of hydrogen-bond donors (Lipinski definition) is 1. The van der Waals surface area contributed by atoms with Crippen molar-refractivity contribution in [2.45, 2.75) is 46.7 Å². The number of nitrogens with zero attached hydrogens (tertiary/aromatic N) is 3. The minimum Gasteiger partial charge on any atom is -0.497 e. The van der Waals surface area contributed by atoms with E-state index in [0.29, 0.717) is 10.9 Å². The predicted molar refractivity (Wildman–Crippen MR) is 157 cm³/mol. The highest BCUT2D eigenvalue weighted by molar-refractivity contribution is 7.80. The summed E-state index contributed by atoms with van der Waals surface area (Å²) in [6.45, 7) is 10.9. The number of nitrogens with one attached hydrogen (secondary N) is 1. The van der Waals surface area contributed by atoms with Gasteiger partial charge in [-0.2, -0.15) is 0 Å². The van der Waals surface area contributed by atoms with Gasteiger partial charge in [-0.3, -0.25) is 4.98 Å². The maximum absolute atomic E-state index is 5.97. The number of thiocarbonyl (C=S) groups is 1. The van der Waals surface area contributed by atoms with Crippen LogP contribution < -0.4 is 19.7 Å². The van der Waals surface area contributed by atoms with E-state index < -0.39 is 0 Å². The SMILES string of the molecule is COc1ccc(N2C(=S)N[C@H](c3ccccn3)[C@@H]2c2cc(C)n(-c3c(C)cc(C)cc3C)c2C)c(OC)c1. The van der Waals surface area contributed by atoms with E-state index in [1.165, 1.54) is 39.3 Å². The molecule has 2 aromatic heterocycles. The van der Waals surface area contributed by atoms with Gasteiger partial charge in [-0.15, -0.1) is 0 Å². The zero-order valence-corrected chi connectivity index (χ0v) is 23.8. The summed E-state index contributed by atoms with van der Waals surface area (Å²) in [5.74, 6) is 1.42. The second kappa shape index (κ2) is 10.1. The molecule has 1 aliphatic heterocycles. The van der Waals surface area contributed by atoms with E-state index in [1.54, 1.807) is 14.2 Å². The van der Waals surface area contributed by atoms with Crippen LogP contribution in [0.1, 0.15) is 51.4 Å². The van der Waals surface area contributed by atoms with Crippen LogP contribution in [0, 0.1) is 34.6 Å². The Balaban J connectivity index is 1.73. The summed E-state index contributed by atoms with van der Waals surface area (Å²) >= 11 is 5.97. The van der Waals surface area contributed by atoms with Gasteiger partial charge in [-0.1, -0.05) is 23.8 Å². The molecule has 6 nitrogen and oxygen atoms in total. The molecule has 7 heteroatoms. The Labute approximate surface area is 230 Å². The molecule has 1 N–H and O–H groups in total. The zero-order chi connectivity index (χ0) is 27.1. The van der Waals surface area contributed by atoms with E-state index in [2.05, 4.69) is 73.7 Å². The van der Waals surface area contributed by atoms with E-state index in [-0.39, 0.29) is 12.1 Å². The normalized spacial score (nSPS) is 17.0. The van der Waals surface area contributed by atoms with Crippen molar-refractivity contribution in [2.24, 2.45) is 0 Å². The fourth-order valence-electron chi connectivity index (χ4n) is 5.87. The molecule has 0 unspecified atom stereocenters. The van der Waals surface area contributed by atoms with Gasteiger partial charge >= 0.3 is 0 Å². The fraction of sp³-hybridized carbons (Fsp3) is 0.290. The van der Waals surface area contributed by atoms with Crippen LogP contribution in [-0.2, 0) is 0 Å². The van der Waals surface area contributed by atoms with Gasteiger partial charge in [0.25, 0.3) is 0 Å². The van der Waals surface area contributed by atoms with Crippen LogP contribution in [0.15, 0.2) is 60.8 Å². The quantitative estimate of drug-likeness (QED) is 0.285. The first-order valence-electron chi connectivity index (χ1n) is 12.7. The number of hydrogen-bond acceptors (Lipinski definition) is 4. The Kier molecular flexibility index (Phi) is 6.88. The first-order valence-corrected chi connectivity index (χ1v) is 13.2. The van der Waals surface area contributed by atoms with Crippen molar-refractivity contribution in [3.8, 4) is 17.2 Å². The van der Waals surface area contributed by atoms with Gasteiger partial charge in [0.1, 0.15) is 11.5 Å². The standard InChI is InChI=1S/C31H34N4O2S/c1-18-14-19(2)29(20(3)15-18)34-21(4)16-24(22(34)5)30-28(25-10-8-9-13-32-25)33-31(38)35(30)26-12-11-23(36-6)17-27(26)37-7/h8-17,28,30H,1-7H3,(H,33,38)/t28-,30+/m1/s1. The molecule has 0 aliphatic carbocycles. The van der Waals surface area contributed by atoms with Crippen molar-refractivity contribution in [1.82, 2.24) is 14.9 Å². The van der Waals surface area contributed by atoms with Crippen LogP contribution in [0.4, 0.5) is 5.69 Å². The fourth-order valence-corrected chi connectivity index (χ4v) is 6.21. The molecule has 0 spiro atoms. The molecule has 2 aromatic carbocycles. The summed E-state index contributed by atoms with van der Waals surface area (Å²) in [7, 11) is 3.32. The third kappa shape index (κ3) is 4.31. The van der Waals surface area contributed by atoms with E-state index >= 15 is 0 Å². The third-order valence-corrected chi connectivity index (χ3v) is 7.71. The molecular formula is C31H34N4O2S. The van der Waals surface area contributed by atoms with Crippen LogP contribution >= 0.6 is 12.2 Å². The average molecular weight is 527 g/mol. The van der Waals surface area contributed by atoms with E-state index in [4.69, 9.17) is 26.7 Å². The second-order valence-electron chi connectivity index (χ2n) is 9.94. The lowest BCUT2D eigenvalue weighted by Gasteiger charge is -2.29. The minimum atomic E-state index is -0.148. The summed E-state index contributed by atoms with van der Waals surface area (Å²) in [5, 5.41) is 4.20. The van der Waals surface area contributed by atoms with Gasteiger partial charge in [0.2, 0.25) is 0 Å². The van der Waals surface area contributed by atoms with Crippen molar-refractivity contribution in [3.05, 3.63) is 100 Å². The van der Waals surface area contributed by atoms with Gasteiger partial charge in [-0.05, 0) is 93.9 Å². The number of ether oxygens (including phenoxy) is 2. The number of methoxy groups -OCH3 is 2. The smallest absolute Gasteiger partial charge is 0.174 e. The Hall–Kier alpha value is -3.84. The molecule has 0 bridgehead atoms. The summed E-state index contributed by atoms with van der Waals surface area (Å²) in [6, 6.07) is 18.3. The maximum atomic E-state index is 5.97. The van der Waals surface area contributed by atoms with E-state index in [9.17, 15) is 0 Å². The maximum Gasteiger partial charge on any atom is 0.174 e. The second-order valence-corrected chi connectivity index (χ2v) is 10.3. The zero-order valence-electron chi connectivity index (χ0n) is 23.0. The molecule has 1 saturated heterocycles. The number of aromatic nitrogens is 2. The summed E-state index contributed by atoms with van der Waals surface area (Å²) in [4.78, 5) is 6.88. The summed E-state index contributed by atoms with van der Waals surface area (Å²) < 4.78 is 13.7. The summed E-state index contributed by atoms with van der Waals surface area (Å²) in [6.07, 6.45) is 1.83. The molecule has 1 fully saturated rings. The third-order valence-electron chi connectivity index (χ3n) is 7.39. The molecule has 5 rings (SSSR count). The molecule has 196 valence electrons. The minimum absolute atomic E-state index is 0.147. The van der Waals surface area contributed by atoms with Crippen molar-refractivity contribution in [3.63, 3.8) is 0 Å². The molecule has 2 atom stereocenters.